The van der Waals surface area contributed by atoms with Crippen LogP contribution in [0.1, 0.15) is 22.8 Å². The van der Waals surface area contributed by atoms with Gasteiger partial charge in [-0.1, -0.05) is 23.9 Å². The van der Waals surface area contributed by atoms with E-state index in [1.807, 2.05) is 19.1 Å². The second kappa shape index (κ2) is 6.87. The van der Waals surface area contributed by atoms with Crippen molar-refractivity contribution in [2.45, 2.75) is 18.4 Å². The predicted molar refractivity (Wildman–Crippen MR) is 89.1 cm³/mol. The van der Waals surface area contributed by atoms with Crippen molar-refractivity contribution in [1.82, 2.24) is 5.32 Å². The van der Waals surface area contributed by atoms with Crippen LogP contribution in [0, 0.1) is 5.82 Å². The van der Waals surface area contributed by atoms with Gasteiger partial charge in [0.25, 0.3) is 0 Å². The van der Waals surface area contributed by atoms with Gasteiger partial charge in [0.05, 0.1) is 11.5 Å². The van der Waals surface area contributed by atoms with Gasteiger partial charge in [0.15, 0.2) is 0 Å². The van der Waals surface area contributed by atoms with E-state index in [1.54, 1.807) is 24.4 Å². The summed E-state index contributed by atoms with van der Waals surface area (Å²) in [6.07, 6.45) is 1.72. The molecule has 0 saturated heterocycles. The first-order chi connectivity index (χ1) is 11.2. The molecule has 3 rings (SSSR count). The molecule has 0 fully saturated rings. The first-order valence-corrected chi connectivity index (χ1v) is 8.16. The Morgan fingerprint density at radius 1 is 1.22 bits per heavy atom. The van der Waals surface area contributed by atoms with Crippen molar-refractivity contribution in [1.29, 1.82) is 0 Å². The van der Waals surface area contributed by atoms with Crippen molar-refractivity contribution in [2.75, 3.05) is 6.61 Å². The molecule has 0 bridgehead atoms. The van der Waals surface area contributed by atoms with Gasteiger partial charge < -0.3 is 10.1 Å². The number of benzene rings is 2. The lowest BCUT2D eigenvalue weighted by atomic mass is 10.1. The summed E-state index contributed by atoms with van der Waals surface area (Å²) in [5.74, 6) is 0.452. The van der Waals surface area contributed by atoms with Crippen molar-refractivity contribution in [3.63, 3.8) is 0 Å². The van der Waals surface area contributed by atoms with E-state index in [0.717, 1.165) is 10.5 Å². The zero-order chi connectivity index (χ0) is 16.2. The number of hydrogen-bond donors (Lipinski definition) is 1. The zero-order valence-electron chi connectivity index (χ0n) is 12.6. The van der Waals surface area contributed by atoms with E-state index in [9.17, 15) is 9.18 Å². The highest BCUT2D eigenvalue weighted by molar-refractivity contribution is 8.04. The predicted octanol–water partition coefficient (Wildman–Crippen LogP) is 4.14. The molecule has 2 aromatic carbocycles. The Balaban J connectivity index is 1.67. The van der Waals surface area contributed by atoms with Crippen LogP contribution < -0.4 is 10.1 Å². The van der Waals surface area contributed by atoms with Crippen molar-refractivity contribution < 1.29 is 13.9 Å². The molecule has 1 N–H and O–H groups in total. The first-order valence-electron chi connectivity index (χ1n) is 7.35. The Labute approximate surface area is 138 Å². The van der Waals surface area contributed by atoms with E-state index in [-0.39, 0.29) is 11.6 Å². The van der Waals surface area contributed by atoms with Gasteiger partial charge in [0, 0.05) is 23.2 Å². The van der Waals surface area contributed by atoms with Crippen LogP contribution in [0.15, 0.2) is 58.5 Å². The van der Waals surface area contributed by atoms with Crippen LogP contribution in [0.5, 0.6) is 5.75 Å². The minimum atomic E-state index is -0.255. The maximum absolute atomic E-state index is 12.9. The number of fused-ring (bicyclic) bond motifs is 1. The van der Waals surface area contributed by atoms with Crippen molar-refractivity contribution in [2.24, 2.45) is 0 Å². The number of carbonyl (C=O) groups excluding carboxylic acids is 1. The highest BCUT2D eigenvalue weighted by Crippen LogP contribution is 2.41. The number of allylic oxidation sites excluding steroid dienone is 1. The van der Waals surface area contributed by atoms with Crippen LogP contribution in [-0.2, 0) is 6.54 Å². The minimum Gasteiger partial charge on any atom is -0.494 e. The lowest BCUT2D eigenvalue weighted by Crippen LogP contribution is -2.07. The molecule has 0 aromatic heterocycles. The average molecular weight is 329 g/mol. The molecule has 2 aromatic rings. The van der Waals surface area contributed by atoms with Crippen LogP contribution in [0.3, 0.4) is 0 Å². The lowest BCUT2D eigenvalue weighted by molar-refractivity contribution is 0.104. The number of Topliss-reactive ketones (excluding diaryl/α,β-unsaturated/α-hetero) is 1. The smallest absolute Gasteiger partial charge is 0.202 e. The van der Waals surface area contributed by atoms with E-state index in [4.69, 9.17) is 4.74 Å². The summed E-state index contributed by atoms with van der Waals surface area (Å²) in [6.45, 7) is 3.02. The molecule has 0 amide bonds. The molecule has 0 radical (unpaired) electrons. The molecule has 23 heavy (non-hydrogen) atoms. The van der Waals surface area contributed by atoms with Gasteiger partial charge in [0.2, 0.25) is 5.78 Å². The Bertz CT molecular complexity index is 756. The normalized spacial score (nSPS) is 14.9. The van der Waals surface area contributed by atoms with Gasteiger partial charge in [-0.15, -0.1) is 0 Å². The Morgan fingerprint density at radius 3 is 2.74 bits per heavy atom. The number of ketones is 1. The average Bonchev–Trinajstić information content (AvgIpc) is 2.86. The van der Waals surface area contributed by atoms with Gasteiger partial charge in [-0.3, -0.25) is 4.79 Å². The number of thioether (sulfide) groups is 1. The summed E-state index contributed by atoms with van der Waals surface area (Å²) in [5.41, 5.74) is 1.63. The molecule has 0 aliphatic carbocycles. The molecule has 118 valence electrons. The van der Waals surface area contributed by atoms with Crippen molar-refractivity contribution in [3.8, 4) is 5.75 Å². The van der Waals surface area contributed by atoms with Gasteiger partial charge in [-0.05, 0) is 42.8 Å². The highest BCUT2D eigenvalue weighted by Gasteiger charge is 2.26. The molecular weight excluding hydrogens is 313 g/mol. The van der Waals surface area contributed by atoms with Crippen LogP contribution in [-0.4, -0.2) is 12.4 Å². The summed E-state index contributed by atoms with van der Waals surface area (Å²) in [6, 6.07) is 11.8. The third kappa shape index (κ3) is 3.56. The minimum absolute atomic E-state index is 0.00170. The summed E-state index contributed by atoms with van der Waals surface area (Å²) >= 11 is 1.44. The SMILES string of the molecule is CCOc1ccc2c(c1)C(=O)C(=CNCc1ccc(F)cc1)S2. The van der Waals surface area contributed by atoms with Gasteiger partial charge in [0.1, 0.15) is 11.6 Å². The molecule has 3 nitrogen and oxygen atoms in total. The monoisotopic (exact) mass is 329 g/mol. The second-order valence-corrected chi connectivity index (χ2v) is 6.12. The topological polar surface area (TPSA) is 38.3 Å². The molecule has 1 heterocycles. The number of halogens is 1. The largest absolute Gasteiger partial charge is 0.494 e. The number of rotatable bonds is 5. The van der Waals surface area contributed by atoms with Gasteiger partial charge >= 0.3 is 0 Å². The van der Waals surface area contributed by atoms with Gasteiger partial charge in [-0.2, -0.15) is 0 Å². The van der Waals surface area contributed by atoms with E-state index in [2.05, 4.69) is 5.32 Å². The van der Waals surface area contributed by atoms with E-state index >= 15 is 0 Å². The maximum Gasteiger partial charge on any atom is 0.202 e. The van der Waals surface area contributed by atoms with Crippen LogP contribution >= 0.6 is 11.8 Å². The maximum atomic E-state index is 12.9. The van der Waals surface area contributed by atoms with E-state index in [1.165, 1.54) is 23.9 Å². The van der Waals surface area contributed by atoms with E-state index < -0.39 is 0 Å². The Hall–Kier alpha value is -2.27. The molecule has 5 heteroatoms. The first kappa shape index (κ1) is 15.6. The third-order valence-corrected chi connectivity index (χ3v) is 4.50. The number of nitrogens with one attached hydrogen (secondary N) is 1. The fourth-order valence-electron chi connectivity index (χ4n) is 2.29. The molecule has 0 atom stereocenters. The van der Waals surface area contributed by atoms with E-state index in [0.29, 0.717) is 29.4 Å². The fourth-order valence-corrected chi connectivity index (χ4v) is 3.27. The second-order valence-electron chi connectivity index (χ2n) is 5.04. The molecule has 0 unspecified atom stereocenters. The Morgan fingerprint density at radius 2 is 2.00 bits per heavy atom. The number of hydrogen-bond acceptors (Lipinski definition) is 4. The number of ether oxygens (including phenoxy) is 1. The highest BCUT2D eigenvalue weighted by atomic mass is 32.2. The number of carbonyl (C=O) groups is 1. The van der Waals surface area contributed by atoms with Gasteiger partial charge in [-0.25, -0.2) is 4.39 Å². The van der Waals surface area contributed by atoms with Crippen molar-refractivity contribution in [3.05, 3.63) is 70.5 Å². The summed E-state index contributed by atoms with van der Waals surface area (Å²) in [5, 5.41) is 3.11. The standard InChI is InChI=1S/C18H16FNO2S/c1-2-22-14-7-8-16-15(9-14)18(21)17(23-16)11-20-10-12-3-5-13(19)6-4-12/h3-9,11,20H,2,10H2,1H3. The Kier molecular flexibility index (Phi) is 4.67. The van der Waals surface area contributed by atoms with Crippen LogP contribution in [0.4, 0.5) is 4.39 Å². The molecule has 0 saturated carbocycles. The zero-order valence-corrected chi connectivity index (χ0v) is 13.5. The molecule has 1 aliphatic rings. The summed E-state index contributed by atoms with van der Waals surface area (Å²) < 4.78 is 18.3. The molecule has 0 spiro atoms. The van der Waals surface area contributed by atoms with Crippen LogP contribution in [0.25, 0.3) is 0 Å². The molecular formula is C18H16FNO2S. The third-order valence-electron chi connectivity index (χ3n) is 3.40. The summed E-state index contributed by atoms with van der Waals surface area (Å²) in [7, 11) is 0. The fraction of sp³-hybridized carbons (Fsp3) is 0.167. The lowest BCUT2D eigenvalue weighted by Gasteiger charge is -2.03. The quantitative estimate of drug-likeness (QED) is 0.837. The summed E-state index contributed by atoms with van der Waals surface area (Å²) in [4.78, 5) is 14.0. The van der Waals surface area contributed by atoms with Crippen molar-refractivity contribution >= 4 is 17.5 Å². The molecule has 1 aliphatic heterocycles. The van der Waals surface area contributed by atoms with Crippen LogP contribution in [0.2, 0.25) is 0 Å².